The fourth-order valence-corrected chi connectivity index (χ4v) is 5.56. The number of carboxylic acids is 2. The number of aliphatic carboxylic acids is 2. The third kappa shape index (κ3) is 20.0. The van der Waals surface area contributed by atoms with Crippen LogP contribution < -0.4 is 10.6 Å². The molecule has 0 aromatic rings. The van der Waals surface area contributed by atoms with Crippen molar-refractivity contribution in [3.63, 3.8) is 0 Å². The first-order valence-electron chi connectivity index (χ1n) is 19.4. The molecule has 2 aliphatic heterocycles. The van der Waals surface area contributed by atoms with Crippen LogP contribution in [0.4, 0.5) is 0 Å². The van der Waals surface area contributed by atoms with Crippen LogP contribution in [-0.2, 0) is 57.5 Å². The molecule has 18 nitrogen and oxygen atoms in total. The van der Waals surface area contributed by atoms with E-state index >= 15 is 0 Å². The highest BCUT2D eigenvalue weighted by atomic mass is 16.4. The number of imide groups is 2. The Bertz CT molecular complexity index is 1480. The molecule has 58 heavy (non-hydrogen) atoms. The molecule has 0 saturated heterocycles. The standard InChI is InChI=1S/2C20H28N2O7/c2*1-13(20(28)29)12-16(24)14(2)21-17(25)8-4-3-6-15(23)7-5-11-22-18(26)9-10-19(22)27/h2*9-10,13-14H,3-8,11-12H2,1-2H3,(H,21,25)(H,28,29)/t2*13-,14+/m11/s1. The molecule has 0 spiro atoms. The average Bonchev–Trinajstić information content (AvgIpc) is 3.65. The highest BCUT2D eigenvalue weighted by molar-refractivity contribution is 6.13. The first-order chi connectivity index (χ1) is 27.2. The normalized spacial score (nSPS) is 15.3. The van der Waals surface area contributed by atoms with Crippen LogP contribution in [0.25, 0.3) is 0 Å². The van der Waals surface area contributed by atoms with Gasteiger partial charge in [0.05, 0.1) is 23.9 Å². The van der Waals surface area contributed by atoms with E-state index in [9.17, 15) is 57.5 Å². The van der Waals surface area contributed by atoms with Gasteiger partial charge in [0.15, 0.2) is 11.6 Å². The van der Waals surface area contributed by atoms with E-state index in [0.29, 0.717) is 51.4 Å². The molecule has 4 atom stereocenters. The molecule has 6 amide bonds. The summed E-state index contributed by atoms with van der Waals surface area (Å²) in [6.45, 7) is 6.33. The number of unbranched alkanes of at least 4 members (excludes halogenated alkanes) is 2. The van der Waals surface area contributed by atoms with Gasteiger partial charge < -0.3 is 20.8 Å². The summed E-state index contributed by atoms with van der Waals surface area (Å²) in [5.41, 5.74) is 0. The number of Topliss-reactive ketones (excluding diaryl/α,β-unsaturated/α-hetero) is 4. The number of nitrogens with one attached hydrogen (secondary N) is 2. The molecule has 0 aromatic carbocycles. The molecule has 0 saturated carbocycles. The van der Waals surface area contributed by atoms with Gasteiger partial charge in [0.25, 0.3) is 23.6 Å². The molecule has 2 heterocycles. The predicted octanol–water partition coefficient (Wildman–Crippen LogP) is 2.01. The van der Waals surface area contributed by atoms with Crippen molar-refractivity contribution >= 4 is 70.5 Å². The van der Waals surface area contributed by atoms with Crippen LogP contribution >= 0.6 is 0 Å². The van der Waals surface area contributed by atoms with Crippen molar-refractivity contribution in [1.29, 1.82) is 0 Å². The van der Waals surface area contributed by atoms with Gasteiger partial charge in [0, 0.05) is 88.8 Å². The van der Waals surface area contributed by atoms with Crippen LogP contribution in [0.5, 0.6) is 0 Å². The van der Waals surface area contributed by atoms with Crippen LogP contribution in [0, 0.1) is 11.8 Å². The molecule has 0 radical (unpaired) electrons. The number of rotatable bonds is 28. The fraction of sp³-hybridized carbons (Fsp3) is 0.600. The smallest absolute Gasteiger partial charge is 0.306 e. The number of ketones is 4. The molecule has 18 heteroatoms. The van der Waals surface area contributed by atoms with Gasteiger partial charge in [-0.2, -0.15) is 0 Å². The van der Waals surface area contributed by atoms with E-state index in [1.807, 2.05) is 0 Å². The van der Waals surface area contributed by atoms with Crippen LogP contribution in [-0.4, -0.2) is 116 Å². The van der Waals surface area contributed by atoms with E-state index in [1.54, 1.807) is 0 Å². The predicted molar refractivity (Wildman–Crippen MR) is 205 cm³/mol. The SMILES string of the molecule is C[C@H](CC(=O)[C@H](C)NC(=O)CCCCC(=O)CCCN1C(=O)C=CC1=O)C(=O)O.C[C@H](CC(=O)[C@H](C)NC(=O)CCCCC(=O)CCCN1C(=O)C=CC1=O)C(=O)O. The highest BCUT2D eigenvalue weighted by Gasteiger charge is 2.25. The van der Waals surface area contributed by atoms with Crippen molar-refractivity contribution in [1.82, 2.24) is 20.4 Å². The Morgan fingerprint density at radius 1 is 0.483 bits per heavy atom. The molecule has 0 unspecified atom stereocenters. The van der Waals surface area contributed by atoms with Crippen molar-refractivity contribution < 1.29 is 67.7 Å². The summed E-state index contributed by atoms with van der Waals surface area (Å²) in [6, 6.07) is -1.51. The second-order valence-corrected chi connectivity index (χ2v) is 14.4. The summed E-state index contributed by atoms with van der Waals surface area (Å²) in [5, 5.41) is 22.7. The summed E-state index contributed by atoms with van der Waals surface area (Å²) in [4.78, 5) is 140. The zero-order chi connectivity index (χ0) is 43.9. The Morgan fingerprint density at radius 2 is 0.759 bits per heavy atom. The number of hydrogen-bond acceptors (Lipinski definition) is 12. The minimum atomic E-state index is -1.06. The molecular weight excluding hydrogens is 760 g/mol. The second-order valence-electron chi connectivity index (χ2n) is 14.4. The monoisotopic (exact) mass is 816 g/mol. The summed E-state index contributed by atoms with van der Waals surface area (Å²) in [7, 11) is 0. The second kappa shape index (κ2) is 26.3. The van der Waals surface area contributed by atoms with Gasteiger partial charge in [0.1, 0.15) is 11.6 Å². The van der Waals surface area contributed by atoms with Gasteiger partial charge in [0.2, 0.25) is 11.8 Å². The zero-order valence-electron chi connectivity index (χ0n) is 33.6. The summed E-state index contributed by atoms with van der Waals surface area (Å²) >= 11 is 0. The van der Waals surface area contributed by atoms with Gasteiger partial charge in [-0.1, -0.05) is 13.8 Å². The Kier molecular flexibility index (Phi) is 22.8. The summed E-state index contributed by atoms with van der Waals surface area (Å²) in [5.74, 6) is -6.48. The van der Waals surface area contributed by atoms with Gasteiger partial charge in [-0.25, -0.2) is 0 Å². The number of nitrogens with zero attached hydrogens (tertiary/aromatic N) is 2. The molecule has 0 fully saturated rings. The van der Waals surface area contributed by atoms with Crippen LogP contribution in [0.15, 0.2) is 24.3 Å². The third-order valence-corrected chi connectivity index (χ3v) is 9.27. The lowest BCUT2D eigenvalue weighted by Crippen LogP contribution is -2.39. The number of hydrogen-bond donors (Lipinski definition) is 4. The third-order valence-electron chi connectivity index (χ3n) is 9.27. The Hall–Kier alpha value is -5.68. The Morgan fingerprint density at radius 3 is 1.05 bits per heavy atom. The van der Waals surface area contributed by atoms with Crippen LogP contribution in [0.3, 0.4) is 0 Å². The van der Waals surface area contributed by atoms with Gasteiger partial charge in [-0.05, 0) is 52.4 Å². The Balaban J connectivity index is 0.000000580. The van der Waals surface area contributed by atoms with Crippen molar-refractivity contribution in [2.24, 2.45) is 11.8 Å². The van der Waals surface area contributed by atoms with E-state index in [2.05, 4.69) is 10.6 Å². The maximum absolute atomic E-state index is 11.9. The molecule has 0 aromatic heterocycles. The minimum Gasteiger partial charge on any atom is -0.481 e. The number of carboxylic acid groups (broad SMARTS) is 2. The van der Waals surface area contributed by atoms with E-state index < -0.39 is 35.9 Å². The Labute approximate surface area is 337 Å². The first-order valence-corrected chi connectivity index (χ1v) is 19.4. The maximum Gasteiger partial charge on any atom is 0.306 e. The molecule has 2 rings (SSSR count). The molecule has 2 aliphatic rings. The molecule has 4 N–H and O–H groups in total. The molecule has 0 aliphatic carbocycles. The fourth-order valence-electron chi connectivity index (χ4n) is 5.56. The van der Waals surface area contributed by atoms with E-state index in [1.165, 1.54) is 52.0 Å². The van der Waals surface area contributed by atoms with Crippen LogP contribution in [0.1, 0.15) is 118 Å². The molecular formula is C40H56N4O14. The van der Waals surface area contributed by atoms with Gasteiger partial charge in [-0.15, -0.1) is 0 Å². The zero-order valence-corrected chi connectivity index (χ0v) is 33.6. The van der Waals surface area contributed by atoms with Gasteiger partial charge in [-0.3, -0.25) is 67.3 Å². The van der Waals surface area contributed by atoms with Crippen molar-refractivity contribution in [2.45, 2.75) is 130 Å². The summed E-state index contributed by atoms with van der Waals surface area (Å²) < 4.78 is 0. The van der Waals surface area contributed by atoms with E-state index in [0.717, 1.165) is 9.80 Å². The van der Waals surface area contributed by atoms with Crippen molar-refractivity contribution in [3.8, 4) is 0 Å². The van der Waals surface area contributed by atoms with Crippen molar-refractivity contribution in [3.05, 3.63) is 24.3 Å². The number of amides is 6. The largest absolute Gasteiger partial charge is 0.481 e. The first kappa shape index (κ1) is 50.3. The molecule has 320 valence electrons. The van der Waals surface area contributed by atoms with Crippen molar-refractivity contribution in [2.75, 3.05) is 13.1 Å². The topological polar surface area (TPSA) is 276 Å². The number of carbonyl (C=O) groups is 12. The van der Waals surface area contributed by atoms with Gasteiger partial charge >= 0.3 is 11.9 Å². The van der Waals surface area contributed by atoms with E-state index in [4.69, 9.17) is 10.2 Å². The lowest BCUT2D eigenvalue weighted by molar-refractivity contribution is -0.143. The lowest BCUT2D eigenvalue weighted by atomic mass is 10.0. The molecule has 0 bridgehead atoms. The van der Waals surface area contributed by atoms with E-state index in [-0.39, 0.29) is 110 Å². The number of carbonyl (C=O) groups excluding carboxylic acids is 10. The average molecular weight is 817 g/mol. The lowest BCUT2D eigenvalue weighted by Gasteiger charge is -2.14. The van der Waals surface area contributed by atoms with Crippen LogP contribution in [0.2, 0.25) is 0 Å². The highest BCUT2D eigenvalue weighted by Crippen LogP contribution is 2.11. The summed E-state index contributed by atoms with van der Waals surface area (Å²) in [6.07, 6.45) is 8.83. The quantitative estimate of drug-likeness (QED) is 0.0650. The minimum absolute atomic E-state index is 0.00339. The maximum atomic E-state index is 11.9.